The lowest BCUT2D eigenvalue weighted by Gasteiger charge is -2.03. The van der Waals surface area contributed by atoms with E-state index < -0.39 is 0 Å². The summed E-state index contributed by atoms with van der Waals surface area (Å²) in [5.74, 6) is 2.89. The van der Waals surface area contributed by atoms with Crippen LogP contribution in [0, 0.1) is 0 Å². The van der Waals surface area contributed by atoms with Gasteiger partial charge >= 0.3 is 0 Å². The number of para-hydroxylation sites is 4. The van der Waals surface area contributed by atoms with Crippen molar-refractivity contribution < 1.29 is 57.1 Å². The van der Waals surface area contributed by atoms with E-state index in [1.54, 1.807) is 0 Å². The van der Waals surface area contributed by atoms with E-state index in [0.29, 0.717) is 0 Å². The Morgan fingerprint density at radius 2 is 0.806 bits per heavy atom. The van der Waals surface area contributed by atoms with Crippen LogP contribution in [0.4, 0.5) is 0 Å². The monoisotopic (exact) mass is 714 g/mol. The molecule has 0 spiro atoms. The van der Waals surface area contributed by atoms with Gasteiger partial charge in [0.1, 0.15) is 0 Å². The maximum absolute atomic E-state index is 2.37. The molecular formula is C30H44I2N4. The van der Waals surface area contributed by atoms with Gasteiger partial charge in [0.25, 0.3) is 11.6 Å². The third-order valence-corrected chi connectivity index (χ3v) is 7.81. The van der Waals surface area contributed by atoms with E-state index in [1.165, 1.54) is 111 Å². The second-order valence-corrected chi connectivity index (χ2v) is 10.1. The van der Waals surface area contributed by atoms with Gasteiger partial charge < -0.3 is 48.0 Å². The van der Waals surface area contributed by atoms with Crippen molar-refractivity contribution in [3.63, 3.8) is 0 Å². The zero-order valence-corrected chi connectivity index (χ0v) is 27.0. The van der Waals surface area contributed by atoms with Crippen molar-refractivity contribution in [3.05, 3.63) is 60.2 Å². The van der Waals surface area contributed by atoms with Gasteiger partial charge in [-0.3, -0.25) is 0 Å². The minimum atomic E-state index is 0. The van der Waals surface area contributed by atoms with Crippen LogP contribution in [0.3, 0.4) is 0 Å². The van der Waals surface area contributed by atoms with Gasteiger partial charge in [-0.05, 0) is 37.1 Å². The van der Waals surface area contributed by atoms with Gasteiger partial charge in [-0.15, -0.1) is 0 Å². The van der Waals surface area contributed by atoms with Crippen LogP contribution in [0.2, 0.25) is 0 Å². The Kier molecular flexibility index (Phi) is 13.2. The molecular weight excluding hydrogens is 670 g/mol. The van der Waals surface area contributed by atoms with E-state index in [4.69, 9.17) is 0 Å². The normalized spacial score (nSPS) is 11.1. The van der Waals surface area contributed by atoms with E-state index in [9.17, 15) is 0 Å². The maximum atomic E-state index is 2.37. The van der Waals surface area contributed by atoms with Crippen molar-refractivity contribution in [2.75, 3.05) is 0 Å². The number of imidazole rings is 2. The van der Waals surface area contributed by atoms with Gasteiger partial charge in [0.15, 0.2) is 22.1 Å². The first-order valence-electron chi connectivity index (χ1n) is 13.4. The van der Waals surface area contributed by atoms with E-state index in [2.05, 4.69) is 95.0 Å². The summed E-state index contributed by atoms with van der Waals surface area (Å²) in [7, 11) is 8.83. The summed E-state index contributed by atoms with van der Waals surface area (Å²) in [6, 6.07) is 17.4. The van der Waals surface area contributed by atoms with E-state index >= 15 is 0 Å². The van der Waals surface area contributed by atoms with Crippen LogP contribution >= 0.6 is 0 Å². The Morgan fingerprint density at radius 1 is 0.500 bits per heavy atom. The molecule has 0 saturated carbocycles. The molecule has 0 amide bonds. The van der Waals surface area contributed by atoms with Crippen molar-refractivity contribution in [1.29, 1.82) is 0 Å². The molecule has 0 atom stereocenters. The molecule has 0 fully saturated rings. The lowest BCUT2D eigenvalue weighted by molar-refractivity contribution is -0.654. The molecule has 0 aliphatic carbocycles. The van der Waals surface area contributed by atoms with Crippen molar-refractivity contribution in [3.8, 4) is 0 Å². The number of nitrogens with zero attached hydrogens (tertiary/aromatic N) is 4. The molecule has 0 unspecified atom stereocenters. The number of hydrogen-bond donors (Lipinski definition) is 0. The summed E-state index contributed by atoms with van der Waals surface area (Å²) in [6.45, 7) is 0. The number of benzene rings is 2. The first-order chi connectivity index (χ1) is 16.6. The van der Waals surface area contributed by atoms with Gasteiger partial charge in [-0.2, -0.15) is 0 Å². The van der Waals surface area contributed by atoms with Gasteiger partial charge in [0.05, 0.1) is 28.2 Å². The number of hydrogen-bond acceptors (Lipinski definition) is 0. The van der Waals surface area contributed by atoms with Crippen LogP contribution < -0.4 is 57.1 Å². The SMILES string of the molecule is Cn1c(CCCCCCCCCCCCc2n(C)c3ccccc3[n+]2C)[n+](C)c2ccccc21.[I-].[I-]. The summed E-state index contributed by atoms with van der Waals surface area (Å²) in [5, 5.41) is 0. The smallest absolute Gasteiger partial charge is 0.256 e. The third kappa shape index (κ3) is 7.23. The molecule has 36 heavy (non-hydrogen) atoms. The Morgan fingerprint density at radius 3 is 1.14 bits per heavy atom. The molecule has 0 N–H and O–H groups in total. The first-order valence-corrected chi connectivity index (χ1v) is 13.4. The summed E-state index contributed by atoms with van der Waals surface area (Å²) in [4.78, 5) is 0. The van der Waals surface area contributed by atoms with E-state index in [-0.39, 0.29) is 48.0 Å². The van der Waals surface area contributed by atoms with Crippen LogP contribution in [0.25, 0.3) is 22.1 Å². The topological polar surface area (TPSA) is 17.6 Å². The molecule has 0 bridgehead atoms. The fourth-order valence-corrected chi connectivity index (χ4v) is 5.72. The largest absolute Gasteiger partial charge is 1.00 e. The van der Waals surface area contributed by atoms with Crippen LogP contribution in [0.15, 0.2) is 48.5 Å². The Hall–Kier alpha value is -1.16. The fourth-order valence-electron chi connectivity index (χ4n) is 5.72. The highest BCUT2D eigenvalue weighted by atomic mass is 127. The zero-order valence-electron chi connectivity index (χ0n) is 22.6. The molecule has 0 aliphatic heterocycles. The second kappa shape index (κ2) is 15.3. The number of aryl methyl sites for hydroxylation is 4. The summed E-state index contributed by atoms with van der Waals surface area (Å²) in [5.41, 5.74) is 5.36. The number of aromatic nitrogens is 4. The molecule has 0 saturated heterocycles. The number of fused-ring (bicyclic) bond motifs is 2. The molecule has 198 valence electrons. The average molecular weight is 715 g/mol. The molecule has 2 aromatic carbocycles. The van der Waals surface area contributed by atoms with Gasteiger partial charge in [-0.1, -0.05) is 75.6 Å². The van der Waals surface area contributed by atoms with Crippen molar-refractivity contribution in [1.82, 2.24) is 9.13 Å². The quantitative estimate of drug-likeness (QED) is 0.106. The number of halogens is 2. The first kappa shape index (κ1) is 31.1. The molecule has 4 rings (SSSR count). The van der Waals surface area contributed by atoms with Crippen LogP contribution in [-0.2, 0) is 41.0 Å². The molecule has 0 radical (unpaired) electrons. The van der Waals surface area contributed by atoms with Gasteiger partial charge in [-0.25, -0.2) is 18.3 Å². The summed E-state index contributed by atoms with van der Waals surface area (Å²) < 4.78 is 9.48. The van der Waals surface area contributed by atoms with Crippen LogP contribution in [-0.4, -0.2) is 9.13 Å². The standard InChI is InChI=1S/C30H44N4.2HI/c1-31-25-19-15-16-20-26(25)32(2)29(31)23-13-11-9-7-5-6-8-10-12-14-24-30-33(3)27-21-17-18-22-28(27)34(30)4;;/h15-22H,5-14,23-24H2,1-4H3;2*1H/q+2;;/p-2. The number of unbranched alkanes of at least 4 members (excludes halogenated alkanes) is 9. The van der Waals surface area contributed by atoms with E-state index in [0.717, 1.165) is 0 Å². The Labute approximate surface area is 252 Å². The number of rotatable bonds is 13. The highest BCUT2D eigenvalue weighted by Crippen LogP contribution is 2.17. The van der Waals surface area contributed by atoms with Crippen molar-refractivity contribution in [2.24, 2.45) is 28.2 Å². The molecule has 0 aliphatic rings. The molecule has 2 heterocycles. The highest BCUT2D eigenvalue weighted by Gasteiger charge is 2.19. The summed E-state index contributed by atoms with van der Waals surface area (Å²) in [6.07, 6.45) is 16.0. The predicted octanol–water partition coefficient (Wildman–Crippen LogP) is 0.0132. The van der Waals surface area contributed by atoms with E-state index in [1.807, 2.05) is 0 Å². The van der Waals surface area contributed by atoms with Crippen molar-refractivity contribution >= 4 is 22.1 Å². The second-order valence-electron chi connectivity index (χ2n) is 10.1. The average Bonchev–Trinajstić information content (AvgIpc) is 3.25. The third-order valence-electron chi connectivity index (χ3n) is 7.81. The Bertz CT molecular complexity index is 1050. The van der Waals surface area contributed by atoms with Gasteiger partial charge in [0.2, 0.25) is 0 Å². The lowest BCUT2D eigenvalue weighted by atomic mass is 10.0. The molecule has 6 heteroatoms. The molecule has 4 aromatic rings. The Balaban J connectivity index is 0.00000228. The maximum Gasteiger partial charge on any atom is 0.256 e. The zero-order chi connectivity index (χ0) is 23.9. The van der Waals surface area contributed by atoms with Gasteiger partial charge in [0, 0.05) is 12.8 Å². The molecule has 4 nitrogen and oxygen atoms in total. The van der Waals surface area contributed by atoms with Crippen LogP contribution in [0.1, 0.15) is 75.9 Å². The predicted molar refractivity (Wildman–Crippen MR) is 142 cm³/mol. The minimum absolute atomic E-state index is 0. The minimum Gasteiger partial charge on any atom is -1.00 e. The van der Waals surface area contributed by atoms with Crippen molar-refractivity contribution in [2.45, 2.75) is 77.0 Å². The fraction of sp³-hybridized carbons (Fsp3) is 0.533. The molecule has 2 aromatic heterocycles. The highest BCUT2D eigenvalue weighted by molar-refractivity contribution is 5.72. The summed E-state index contributed by atoms with van der Waals surface area (Å²) >= 11 is 0. The van der Waals surface area contributed by atoms with Crippen LogP contribution in [0.5, 0.6) is 0 Å². The lowest BCUT2D eigenvalue weighted by Crippen LogP contribution is -3.00.